The first-order valence-electron chi connectivity index (χ1n) is 10.6. The average Bonchev–Trinajstić information content (AvgIpc) is 3.28. The molecule has 34 heavy (non-hydrogen) atoms. The summed E-state index contributed by atoms with van der Waals surface area (Å²) in [5.74, 6) is -0.513. The van der Waals surface area contributed by atoms with E-state index in [0.29, 0.717) is 60.2 Å². The summed E-state index contributed by atoms with van der Waals surface area (Å²) in [4.78, 5) is 30.4. The van der Waals surface area contributed by atoms with Crippen LogP contribution < -0.4 is 10.2 Å². The van der Waals surface area contributed by atoms with Crippen molar-refractivity contribution in [2.75, 3.05) is 36.5 Å². The van der Waals surface area contributed by atoms with E-state index in [1.165, 1.54) is 24.3 Å². The highest BCUT2D eigenvalue weighted by molar-refractivity contribution is 6.09. The van der Waals surface area contributed by atoms with E-state index in [-0.39, 0.29) is 17.1 Å². The van der Waals surface area contributed by atoms with Gasteiger partial charge in [0.2, 0.25) is 5.89 Å². The Labute approximate surface area is 192 Å². The zero-order valence-corrected chi connectivity index (χ0v) is 17.9. The van der Waals surface area contributed by atoms with Crippen molar-refractivity contribution in [1.29, 1.82) is 0 Å². The number of carbonyl (C=O) groups excluding carboxylic acids is 1. The number of nitrogens with one attached hydrogen (secondary N) is 1. The Morgan fingerprint density at radius 2 is 1.82 bits per heavy atom. The van der Waals surface area contributed by atoms with Crippen LogP contribution in [0.15, 0.2) is 65.1 Å². The van der Waals surface area contributed by atoms with Gasteiger partial charge in [-0.1, -0.05) is 0 Å². The first-order valence-corrected chi connectivity index (χ1v) is 10.6. The van der Waals surface area contributed by atoms with E-state index >= 15 is 0 Å². The zero-order chi connectivity index (χ0) is 23.7. The lowest BCUT2D eigenvalue weighted by atomic mass is 10.1. The fourth-order valence-corrected chi connectivity index (χ4v) is 3.82. The number of aromatic nitrogens is 1. The summed E-state index contributed by atoms with van der Waals surface area (Å²) in [5.41, 5.74) is 2.71. The molecular formula is C24H19FN4O5. The van der Waals surface area contributed by atoms with Gasteiger partial charge < -0.3 is 19.4 Å². The first kappa shape index (κ1) is 21.5. The number of nitro groups is 1. The van der Waals surface area contributed by atoms with Crippen molar-refractivity contribution in [3.8, 4) is 11.5 Å². The summed E-state index contributed by atoms with van der Waals surface area (Å²) in [7, 11) is 0. The molecule has 0 atom stereocenters. The number of ether oxygens (including phenoxy) is 1. The van der Waals surface area contributed by atoms with Crippen molar-refractivity contribution in [2.45, 2.75) is 0 Å². The fraction of sp³-hybridized carbons (Fsp3) is 0.167. The Morgan fingerprint density at radius 1 is 1.06 bits per heavy atom. The van der Waals surface area contributed by atoms with Crippen molar-refractivity contribution in [2.24, 2.45) is 0 Å². The summed E-state index contributed by atoms with van der Waals surface area (Å²) < 4.78 is 24.3. The molecule has 0 aliphatic carbocycles. The molecule has 1 N–H and O–H groups in total. The molecule has 0 unspecified atom stereocenters. The van der Waals surface area contributed by atoms with E-state index < -0.39 is 10.8 Å². The zero-order valence-electron chi connectivity index (χ0n) is 17.9. The Balaban J connectivity index is 1.44. The van der Waals surface area contributed by atoms with Gasteiger partial charge in [0.15, 0.2) is 5.58 Å². The molecule has 1 amide bonds. The van der Waals surface area contributed by atoms with Gasteiger partial charge in [-0.2, -0.15) is 0 Å². The number of anilines is 2. The minimum Gasteiger partial charge on any atom is -0.436 e. The molecule has 5 rings (SSSR count). The van der Waals surface area contributed by atoms with E-state index in [1.807, 2.05) is 4.90 Å². The van der Waals surface area contributed by atoms with Gasteiger partial charge in [-0.3, -0.25) is 14.9 Å². The lowest BCUT2D eigenvalue weighted by Gasteiger charge is -2.30. The number of amides is 1. The molecular weight excluding hydrogens is 443 g/mol. The van der Waals surface area contributed by atoms with Gasteiger partial charge in [0, 0.05) is 36.5 Å². The van der Waals surface area contributed by atoms with E-state index in [0.717, 1.165) is 0 Å². The number of hydrogen-bond donors (Lipinski definition) is 1. The molecule has 1 aliphatic rings. The van der Waals surface area contributed by atoms with Gasteiger partial charge in [0.1, 0.15) is 11.3 Å². The number of hydrogen-bond acceptors (Lipinski definition) is 7. The monoisotopic (exact) mass is 462 g/mol. The highest BCUT2D eigenvalue weighted by Crippen LogP contribution is 2.29. The van der Waals surface area contributed by atoms with Gasteiger partial charge in [0.05, 0.1) is 29.4 Å². The number of fused-ring (bicyclic) bond motifs is 1. The fourth-order valence-electron chi connectivity index (χ4n) is 3.82. The van der Waals surface area contributed by atoms with Crippen molar-refractivity contribution in [1.82, 2.24) is 4.98 Å². The number of carbonyl (C=O) groups is 1. The normalized spacial score (nSPS) is 13.7. The van der Waals surface area contributed by atoms with Crippen LogP contribution in [0.25, 0.3) is 22.6 Å². The standard InChI is InChI=1S/C24H19FN4O5/c25-16-3-1-15(2-4-16)24-27-20-13-17(5-8-22(20)34-24)26-23(30)19-14-18(29(31)32)6-7-21(19)28-9-11-33-12-10-28/h1-8,13-14H,9-12H2,(H,26,30). The molecule has 4 aromatic rings. The molecule has 0 saturated carbocycles. The molecule has 0 bridgehead atoms. The van der Waals surface area contributed by atoms with Crippen molar-refractivity contribution in [3.05, 3.63) is 82.2 Å². The van der Waals surface area contributed by atoms with E-state index in [4.69, 9.17) is 9.15 Å². The molecule has 1 saturated heterocycles. The third-order valence-electron chi connectivity index (χ3n) is 5.52. The Hall–Kier alpha value is -4.31. The van der Waals surface area contributed by atoms with E-state index in [1.54, 1.807) is 36.4 Å². The van der Waals surface area contributed by atoms with Crippen LogP contribution in [0.3, 0.4) is 0 Å². The topological polar surface area (TPSA) is 111 Å². The number of oxazole rings is 1. The number of benzene rings is 3. The summed E-state index contributed by atoms with van der Waals surface area (Å²) in [6, 6.07) is 15.0. The van der Waals surface area contributed by atoms with Crippen molar-refractivity contribution < 1.29 is 23.3 Å². The number of non-ortho nitro benzene ring substituents is 1. The van der Waals surface area contributed by atoms with Gasteiger partial charge >= 0.3 is 0 Å². The van der Waals surface area contributed by atoms with Crippen LogP contribution in [-0.4, -0.2) is 42.1 Å². The molecule has 0 radical (unpaired) electrons. The largest absolute Gasteiger partial charge is 0.436 e. The SMILES string of the molecule is O=C(Nc1ccc2oc(-c3ccc(F)cc3)nc2c1)c1cc([N+](=O)[O-])ccc1N1CCOCC1. The predicted octanol–water partition coefficient (Wildman–Crippen LogP) is 4.63. The molecule has 3 aromatic carbocycles. The number of nitrogens with zero attached hydrogens (tertiary/aromatic N) is 3. The van der Waals surface area contributed by atoms with Crippen LogP contribution in [-0.2, 0) is 4.74 Å². The highest BCUT2D eigenvalue weighted by atomic mass is 19.1. The third kappa shape index (κ3) is 4.30. The lowest BCUT2D eigenvalue weighted by molar-refractivity contribution is -0.384. The average molecular weight is 462 g/mol. The Kier molecular flexibility index (Phi) is 5.64. The van der Waals surface area contributed by atoms with Gasteiger partial charge in [-0.05, 0) is 48.5 Å². The van der Waals surface area contributed by atoms with E-state index in [9.17, 15) is 19.3 Å². The predicted molar refractivity (Wildman–Crippen MR) is 123 cm³/mol. The van der Waals surface area contributed by atoms with Crippen LogP contribution in [0.5, 0.6) is 0 Å². The summed E-state index contributed by atoms with van der Waals surface area (Å²) in [6.07, 6.45) is 0. The molecule has 9 nitrogen and oxygen atoms in total. The number of morpholine rings is 1. The Bertz CT molecular complexity index is 1380. The second-order valence-electron chi connectivity index (χ2n) is 7.72. The smallest absolute Gasteiger partial charge is 0.270 e. The summed E-state index contributed by atoms with van der Waals surface area (Å²) in [5, 5.41) is 14.1. The van der Waals surface area contributed by atoms with Crippen LogP contribution >= 0.6 is 0 Å². The molecule has 1 aliphatic heterocycles. The van der Waals surface area contributed by atoms with Crippen LogP contribution in [0.2, 0.25) is 0 Å². The minimum absolute atomic E-state index is 0.168. The molecule has 2 heterocycles. The lowest BCUT2D eigenvalue weighted by Crippen LogP contribution is -2.37. The van der Waals surface area contributed by atoms with Crippen LogP contribution in [0.1, 0.15) is 10.4 Å². The number of rotatable bonds is 5. The molecule has 1 aromatic heterocycles. The quantitative estimate of drug-likeness (QED) is 0.340. The maximum Gasteiger partial charge on any atom is 0.270 e. The minimum atomic E-state index is -0.529. The summed E-state index contributed by atoms with van der Waals surface area (Å²) in [6.45, 7) is 2.18. The third-order valence-corrected chi connectivity index (χ3v) is 5.52. The molecule has 1 fully saturated rings. The second kappa shape index (κ2) is 8.91. The van der Waals surface area contributed by atoms with Crippen LogP contribution in [0.4, 0.5) is 21.5 Å². The Morgan fingerprint density at radius 3 is 2.56 bits per heavy atom. The van der Waals surface area contributed by atoms with Crippen molar-refractivity contribution >= 4 is 34.1 Å². The van der Waals surface area contributed by atoms with Crippen LogP contribution in [0, 0.1) is 15.9 Å². The van der Waals surface area contributed by atoms with E-state index in [2.05, 4.69) is 10.3 Å². The first-order chi connectivity index (χ1) is 16.5. The van der Waals surface area contributed by atoms with Crippen molar-refractivity contribution in [3.63, 3.8) is 0 Å². The highest BCUT2D eigenvalue weighted by Gasteiger charge is 2.22. The molecule has 172 valence electrons. The maximum absolute atomic E-state index is 13.2. The molecule has 0 spiro atoms. The second-order valence-corrected chi connectivity index (χ2v) is 7.72. The van der Waals surface area contributed by atoms with Gasteiger partial charge in [0.25, 0.3) is 11.6 Å². The number of halogens is 1. The number of nitro benzene ring substituents is 1. The van der Waals surface area contributed by atoms with Gasteiger partial charge in [-0.15, -0.1) is 0 Å². The molecule has 10 heteroatoms. The maximum atomic E-state index is 13.2. The van der Waals surface area contributed by atoms with Gasteiger partial charge in [-0.25, -0.2) is 9.37 Å². The summed E-state index contributed by atoms with van der Waals surface area (Å²) >= 11 is 0.